The van der Waals surface area contributed by atoms with E-state index in [-0.39, 0.29) is 12.7 Å². The molecule has 3 heterocycles. The molecule has 0 spiro atoms. The molecule has 0 aliphatic carbocycles. The Kier molecular flexibility index (Phi) is 4.31. The first-order chi connectivity index (χ1) is 12.2. The summed E-state index contributed by atoms with van der Waals surface area (Å²) in [4.78, 5) is 17.0. The molecule has 1 aromatic heterocycles. The third-order valence-electron chi connectivity index (χ3n) is 4.56. The Morgan fingerprint density at radius 1 is 1.12 bits per heavy atom. The van der Waals surface area contributed by atoms with Crippen molar-refractivity contribution < 1.29 is 18.8 Å². The van der Waals surface area contributed by atoms with Gasteiger partial charge >= 0.3 is 0 Å². The van der Waals surface area contributed by atoms with Gasteiger partial charge in [-0.05, 0) is 31.5 Å². The van der Waals surface area contributed by atoms with Crippen LogP contribution < -0.4 is 9.47 Å². The molecule has 0 atom stereocenters. The summed E-state index contributed by atoms with van der Waals surface area (Å²) in [5, 5.41) is 4.05. The van der Waals surface area contributed by atoms with E-state index in [0.29, 0.717) is 23.6 Å². The van der Waals surface area contributed by atoms with Crippen LogP contribution in [-0.2, 0) is 6.54 Å². The maximum Gasteiger partial charge on any atom is 0.254 e. The third kappa shape index (κ3) is 3.46. The molecule has 0 saturated carbocycles. The average molecular weight is 343 g/mol. The smallest absolute Gasteiger partial charge is 0.254 e. The van der Waals surface area contributed by atoms with E-state index < -0.39 is 0 Å². The molecular formula is C18H21N3O4. The van der Waals surface area contributed by atoms with Gasteiger partial charge in [-0.1, -0.05) is 5.16 Å². The lowest BCUT2D eigenvalue weighted by Crippen LogP contribution is -2.35. The average Bonchev–Trinajstić information content (AvgIpc) is 3.17. The van der Waals surface area contributed by atoms with Gasteiger partial charge in [0.1, 0.15) is 5.76 Å². The highest BCUT2D eigenvalue weighted by molar-refractivity contribution is 5.95. The van der Waals surface area contributed by atoms with Crippen LogP contribution in [0.25, 0.3) is 0 Å². The fourth-order valence-electron chi connectivity index (χ4n) is 3.27. The summed E-state index contributed by atoms with van der Waals surface area (Å²) < 4.78 is 15.8. The summed E-state index contributed by atoms with van der Waals surface area (Å²) in [7, 11) is 0. The fraction of sp³-hybridized carbons (Fsp3) is 0.444. The van der Waals surface area contributed by atoms with E-state index in [4.69, 9.17) is 14.0 Å². The molecular weight excluding hydrogens is 322 g/mol. The number of benzene rings is 1. The molecule has 2 aliphatic heterocycles. The Labute approximate surface area is 146 Å². The number of carbonyl (C=O) groups is 1. The molecule has 1 aromatic carbocycles. The Morgan fingerprint density at radius 2 is 2.00 bits per heavy atom. The van der Waals surface area contributed by atoms with Gasteiger partial charge < -0.3 is 18.9 Å². The van der Waals surface area contributed by atoms with E-state index in [0.717, 1.165) is 44.1 Å². The van der Waals surface area contributed by atoms with Crippen LogP contribution in [0.2, 0.25) is 0 Å². The first-order valence-electron chi connectivity index (χ1n) is 8.52. The van der Waals surface area contributed by atoms with Gasteiger partial charge in [0.15, 0.2) is 11.5 Å². The highest BCUT2D eigenvalue weighted by Crippen LogP contribution is 2.32. The van der Waals surface area contributed by atoms with Gasteiger partial charge in [-0.15, -0.1) is 0 Å². The minimum absolute atomic E-state index is 0.0393. The summed E-state index contributed by atoms with van der Waals surface area (Å²) >= 11 is 0. The zero-order valence-electron chi connectivity index (χ0n) is 14.2. The molecule has 7 nitrogen and oxygen atoms in total. The lowest BCUT2D eigenvalue weighted by atomic mass is 10.1. The van der Waals surface area contributed by atoms with Crippen LogP contribution in [-0.4, -0.2) is 53.8 Å². The molecule has 4 rings (SSSR count). The number of hydrogen-bond acceptors (Lipinski definition) is 6. The summed E-state index contributed by atoms with van der Waals surface area (Å²) in [6.45, 7) is 6.08. The molecule has 1 amide bonds. The first-order valence-corrected chi connectivity index (χ1v) is 8.52. The quantitative estimate of drug-likeness (QED) is 0.850. The number of rotatable bonds is 3. The maximum absolute atomic E-state index is 12.8. The lowest BCUT2D eigenvalue weighted by Gasteiger charge is -2.21. The molecule has 2 aromatic rings. The predicted molar refractivity (Wildman–Crippen MR) is 89.6 cm³/mol. The molecule has 132 valence electrons. The van der Waals surface area contributed by atoms with Gasteiger partial charge in [0.2, 0.25) is 6.79 Å². The lowest BCUT2D eigenvalue weighted by molar-refractivity contribution is 0.0760. The van der Waals surface area contributed by atoms with Crippen molar-refractivity contribution in [3.8, 4) is 11.5 Å². The van der Waals surface area contributed by atoms with Gasteiger partial charge in [-0.2, -0.15) is 0 Å². The van der Waals surface area contributed by atoms with Crippen LogP contribution in [0.1, 0.15) is 28.2 Å². The molecule has 0 unspecified atom stereocenters. The number of amides is 1. The van der Waals surface area contributed by atoms with Crippen molar-refractivity contribution in [3.63, 3.8) is 0 Å². The van der Waals surface area contributed by atoms with Gasteiger partial charge in [-0.25, -0.2) is 0 Å². The molecule has 7 heteroatoms. The Morgan fingerprint density at radius 3 is 2.84 bits per heavy atom. The number of nitrogens with zero attached hydrogens (tertiary/aromatic N) is 3. The second kappa shape index (κ2) is 6.76. The number of hydrogen-bond donors (Lipinski definition) is 0. The van der Waals surface area contributed by atoms with Crippen molar-refractivity contribution in [2.75, 3.05) is 33.0 Å². The molecule has 2 aliphatic rings. The van der Waals surface area contributed by atoms with Crippen LogP contribution in [0.3, 0.4) is 0 Å². The zero-order valence-corrected chi connectivity index (χ0v) is 14.2. The predicted octanol–water partition coefficient (Wildman–Crippen LogP) is 2.06. The molecule has 0 bridgehead atoms. The minimum atomic E-state index is 0.0393. The number of aryl methyl sites for hydroxylation is 1. The van der Waals surface area contributed by atoms with Crippen LogP contribution in [0, 0.1) is 6.92 Å². The molecule has 0 N–H and O–H groups in total. The van der Waals surface area contributed by atoms with Crippen molar-refractivity contribution in [3.05, 3.63) is 41.3 Å². The summed E-state index contributed by atoms with van der Waals surface area (Å²) in [6.07, 6.45) is 0.938. The summed E-state index contributed by atoms with van der Waals surface area (Å²) in [6, 6.07) is 7.33. The van der Waals surface area contributed by atoms with Crippen molar-refractivity contribution in [1.82, 2.24) is 15.0 Å². The second-order valence-corrected chi connectivity index (χ2v) is 6.42. The van der Waals surface area contributed by atoms with Crippen LogP contribution in [0.15, 0.2) is 28.8 Å². The highest BCUT2D eigenvalue weighted by atomic mass is 16.7. The van der Waals surface area contributed by atoms with E-state index >= 15 is 0 Å². The van der Waals surface area contributed by atoms with Crippen molar-refractivity contribution in [1.29, 1.82) is 0 Å². The Bertz CT molecular complexity index is 773. The number of aromatic nitrogens is 1. The van der Waals surface area contributed by atoms with E-state index in [9.17, 15) is 4.79 Å². The first kappa shape index (κ1) is 16.0. The second-order valence-electron chi connectivity index (χ2n) is 6.42. The largest absolute Gasteiger partial charge is 0.454 e. The minimum Gasteiger partial charge on any atom is -0.454 e. The zero-order chi connectivity index (χ0) is 17.2. The Balaban J connectivity index is 1.39. The van der Waals surface area contributed by atoms with E-state index in [1.165, 1.54) is 0 Å². The monoisotopic (exact) mass is 343 g/mol. The standard InChI is InChI=1S/C18H21N3O4/c1-13-9-15(19-25-13)11-20-5-2-6-21(8-7-20)18(22)14-3-4-16-17(10-14)24-12-23-16/h3-4,9-10H,2,5-8,11-12H2,1H3. The molecule has 1 saturated heterocycles. The van der Waals surface area contributed by atoms with Gasteiger partial charge in [0.05, 0.1) is 5.69 Å². The van der Waals surface area contributed by atoms with Crippen molar-refractivity contribution in [2.24, 2.45) is 0 Å². The van der Waals surface area contributed by atoms with Crippen molar-refractivity contribution >= 4 is 5.91 Å². The number of carbonyl (C=O) groups excluding carboxylic acids is 1. The van der Waals surface area contributed by atoms with E-state index in [1.807, 2.05) is 17.9 Å². The topological polar surface area (TPSA) is 68.0 Å². The summed E-state index contributed by atoms with van der Waals surface area (Å²) in [5.41, 5.74) is 1.58. The van der Waals surface area contributed by atoms with E-state index in [1.54, 1.807) is 18.2 Å². The van der Waals surface area contributed by atoms with Gasteiger partial charge in [-0.3, -0.25) is 9.69 Å². The molecule has 0 radical (unpaired) electrons. The third-order valence-corrected chi connectivity index (χ3v) is 4.56. The van der Waals surface area contributed by atoms with Gasteiger partial charge in [0, 0.05) is 44.4 Å². The van der Waals surface area contributed by atoms with Gasteiger partial charge in [0.25, 0.3) is 5.91 Å². The number of ether oxygens (including phenoxy) is 2. The maximum atomic E-state index is 12.8. The highest BCUT2D eigenvalue weighted by Gasteiger charge is 2.23. The molecule has 25 heavy (non-hydrogen) atoms. The summed E-state index contributed by atoms with van der Waals surface area (Å²) in [5.74, 6) is 2.20. The fourth-order valence-corrected chi connectivity index (χ4v) is 3.27. The van der Waals surface area contributed by atoms with E-state index in [2.05, 4.69) is 10.1 Å². The van der Waals surface area contributed by atoms with Crippen molar-refractivity contribution in [2.45, 2.75) is 19.9 Å². The SMILES string of the molecule is Cc1cc(CN2CCCN(C(=O)c3ccc4c(c3)OCO4)CC2)no1. The van der Waals surface area contributed by atoms with Crippen LogP contribution in [0.5, 0.6) is 11.5 Å². The van der Waals surface area contributed by atoms with Crippen LogP contribution in [0.4, 0.5) is 0 Å². The molecule has 1 fully saturated rings. The normalized spacial score (nSPS) is 17.6. The van der Waals surface area contributed by atoms with Crippen LogP contribution >= 0.6 is 0 Å². The number of fused-ring (bicyclic) bond motifs is 1. The Hall–Kier alpha value is -2.54.